The molecule has 0 aliphatic carbocycles. The summed E-state index contributed by atoms with van der Waals surface area (Å²) in [6.07, 6.45) is 15.8. The summed E-state index contributed by atoms with van der Waals surface area (Å²) < 4.78 is 4.84. The van der Waals surface area contributed by atoms with Crippen molar-refractivity contribution in [2.24, 2.45) is 0 Å². The van der Waals surface area contributed by atoms with E-state index in [0.717, 1.165) is 19.3 Å². The smallest absolute Gasteiger partial charge is 0.305 e. The van der Waals surface area contributed by atoms with E-state index in [9.17, 15) is 4.79 Å². The first-order valence-corrected chi connectivity index (χ1v) is 8.80. The first-order chi connectivity index (χ1) is 10.7. The van der Waals surface area contributed by atoms with Gasteiger partial charge in [-0.15, -0.1) is 0 Å². The fourth-order valence-corrected chi connectivity index (χ4v) is 2.11. The zero-order valence-electron chi connectivity index (χ0n) is 14.1. The van der Waals surface area contributed by atoms with Gasteiger partial charge in [0, 0.05) is 6.42 Å². The zero-order valence-corrected chi connectivity index (χ0v) is 14.1. The maximum atomic E-state index is 11.3. The topological polar surface area (TPSA) is 66.8 Å². The molecule has 0 bridgehead atoms. The maximum absolute atomic E-state index is 11.3. The van der Waals surface area contributed by atoms with Crippen LogP contribution in [0.3, 0.4) is 0 Å². The van der Waals surface area contributed by atoms with E-state index in [1.165, 1.54) is 44.9 Å². The van der Waals surface area contributed by atoms with Crippen LogP contribution in [0.25, 0.3) is 0 Å². The molecular weight excluding hydrogens is 280 g/mol. The molecule has 0 aliphatic rings. The molecule has 0 rings (SSSR count). The largest absolute Gasteiger partial charge is 0.463 e. The minimum absolute atomic E-state index is 0.110. The van der Waals surface area contributed by atoms with Gasteiger partial charge >= 0.3 is 5.97 Å². The van der Waals surface area contributed by atoms with Crippen LogP contribution in [0.4, 0.5) is 0 Å². The zero-order chi connectivity index (χ0) is 16.5. The van der Waals surface area contributed by atoms with Crippen LogP contribution in [-0.4, -0.2) is 35.5 Å². The number of esters is 1. The summed E-state index contributed by atoms with van der Waals surface area (Å²) >= 11 is 0. The van der Waals surface area contributed by atoms with Crippen molar-refractivity contribution in [1.29, 1.82) is 0 Å². The summed E-state index contributed by atoms with van der Waals surface area (Å²) in [5, 5.41) is 17.6. The van der Waals surface area contributed by atoms with Gasteiger partial charge in [0.15, 0.2) is 0 Å². The lowest BCUT2D eigenvalue weighted by Gasteiger charge is -2.08. The average Bonchev–Trinajstić information content (AvgIpc) is 2.53. The van der Waals surface area contributed by atoms with Crippen molar-refractivity contribution in [2.45, 2.75) is 83.7 Å². The van der Waals surface area contributed by atoms with Gasteiger partial charge in [-0.05, 0) is 25.7 Å². The molecule has 4 nitrogen and oxygen atoms in total. The molecule has 1 atom stereocenters. The van der Waals surface area contributed by atoms with Gasteiger partial charge in [0.25, 0.3) is 0 Å². The fraction of sp³-hybridized carbons (Fsp3) is 0.833. The van der Waals surface area contributed by atoms with E-state index >= 15 is 0 Å². The van der Waals surface area contributed by atoms with Crippen LogP contribution in [0.15, 0.2) is 12.2 Å². The molecule has 1 unspecified atom stereocenters. The molecule has 0 aromatic heterocycles. The molecule has 2 N–H and O–H groups in total. The van der Waals surface area contributed by atoms with Crippen molar-refractivity contribution < 1.29 is 19.7 Å². The van der Waals surface area contributed by atoms with Crippen LogP contribution in [-0.2, 0) is 9.53 Å². The average molecular weight is 314 g/mol. The number of ether oxygens (including phenoxy) is 1. The van der Waals surface area contributed by atoms with Crippen LogP contribution < -0.4 is 0 Å². The fourth-order valence-electron chi connectivity index (χ4n) is 2.11. The van der Waals surface area contributed by atoms with Gasteiger partial charge in [0.05, 0.1) is 6.61 Å². The predicted molar refractivity (Wildman–Crippen MR) is 89.7 cm³/mol. The van der Waals surface area contributed by atoms with Crippen molar-refractivity contribution in [2.75, 3.05) is 13.2 Å². The Bertz CT molecular complexity index is 276. The molecule has 0 saturated carbocycles. The Labute approximate surface area is 135 Å². The van der Waals surface area contributed by atoms with Crippen LogP contribution in [0.2, 0.25) is 0 Å². The minimum atomic E-state index is -0.958. The van der Waals surface area contributed by atoms with E-state index in [2.05, 4.69) is 19.1 Å². The molecule has 0 heterocycles. The summed E-state index contributed by atoms with van der Waals surface area (Å²) in [7, 11) is 0. The standard InChI is InChI=1S/C18H34O4/c1-2-3-4-5-6-7-8-9-10-11-12-13-14-18(21)22-16-17(20)15-19/h5-6,17,19-20H,2-4,7-16H2,1H3/b6-5+. The summed E-state index contributed by atoms with van der Waals surface area (Å²) in [6, 6.07) is 0. The minimum Gasteiger partial charge on any atom is -0.463 e. The number of allylic oxidation sites excluding steroid dienone is 2. The van der Waals surface area contributed by atoms with Gasteiger partial charge in [-0.3, -0.25) is 4.79 Å². The molecule has 0 amide bonds. The first-order valence-electron chi connectivity index (χ1n) is 8.80. The Morgan fingerprint density at radius 2 is 1.59 bits per heavy atom. The van der Waals surface area contributed by atoms with Gasteiger partial charge in [-0.25, -0.2) is 0 Å². The summed E-state index contributed by atoms with van der Waals surface area (Å²) in [5.74, 6) is -0.287. The summed E-state index contributed by atoms with van der Waals surface area (Å²) in [6.45, 7) is 1.73. The van der Waals surface area contributed by atoms with E-state index < -0.39 is 6.10 Å². The van der Waals surface area contributed by atoms with Gasteiger partial charge in [0.1, 0.15) is 12.7 Å². The second-order valence-electron chi connectivity index (χ2n) is 5.79. The molecule has 0 spiro atoms. The van der Waals surface area contributed by atoms with Crippen molar-refractivity contribution in [3.63, 3.8) is 0 Å². The number of aliphatic hydroxyl groups excluding tert-OH is 2. The Kier molecular flexibility index (Phi) is 15.8. The Hall–Kier alpha value is -0.870. The monoisotopic (exact) mass is 314 g/mol. The highest BCUT2D eigenvalue weighted by atomic mass is 16.5. The third kappa shape index (κ3) is 15.5. The number of hydrogen-bond acceptors (Lipinski definition) is 4. The second-order valence-corrected chi connectivity index (χ2v) is 5.79. The van der Waals surface area contributed by atoms with Gasteiger partial charge in [0.2, 0.25) is 0 Å². The number of aliphatic hydroxyl groups is 2. The Balaban J connectivity index is 3.23. The molecule has 0 aliphatic heterocycles. The molecule has 0 saturated heterocycles. The maximum Gasteiger partial charge on any atom is 0.305 e. The Morgan fingerprint density at radius 3 is 2.23 bits per heavy atom. The van der Waals surface area contributed by atoms with Gasteiger partial charge in [-0.1, -0.05) is 57.6 Å². The van der Waals surface area contributed by atoms with E-state index in [-0.39, 0.29) is 19.2 Å². The third-order valence-corrected chi connectivity index (χ3v) is 3.54. The first kappa shape index (κ1) is 21.1. The second kappa shape index (κ2) is 16.5. The predicted octanol–water partition coefficient (Wildman–Crippen LogP) is 3.75. The number of hydrogen-bond donors (Lipinski definition) is 2. The molecule has 4 heteroatoms. The quantitative estimate of drug-likeness (QED) is 0.274. The molecule has 130 valence electrons. The van der Waals surface area contributed by atoms with E-state index in [1.807, 2.05) is 0 Å². The highest BCUT2D eigenvalue weighted by molar-refractivity contribution is 5.69. The van der Waals surface area contributed by atoms with E-state index in [1.54, 1.807) is 0 Å². The van der Waals surface area contributed by atoms with Gasteiger partial charge < -0.3 is 14.9 Å². The summed E-state index contributed by atoms with van der Waals surface area (Å²) in [4.78, 5) is 11.3. The highest BCUT2D eigenvalue weighted by Crippen LogP contribution is 2.09. The molecule has 0 radical (unpaired) electrons. The van der Waals surface area contributed by atoms with E-state index in [4.69, 9.17) is 14.9 Å². The Morgan fingerprint density at radius 1 is 1.00 bits per heavy atom. The normalized spacial score (nSPS) is 12.7. The number of rotatable bonds is 15. The molecule has 0 aromatic carbocycles. The number of carbonyl (C=O) groups is 1. The number of carbonyl (C=O) groups excluding carboxylic acids is 1. The molecule has 0 fully saturated rings. The van der Waals surface area contributed by atoms with Crippen LogP contribution in [0.1, 0.15) is 77.6 Å². The molecule has 22 heavy (non-hydrogen) atoms. The van der Waals surface area contributed by atoms with Gasteiger partial charge in [-0.2, -0.15) is 0 Å². The van der Waals surface area contributed by atoms with Crippen molar-refractivity contribution in [3.8, 4) is 0 Å². The lowest BCUT2D eigenvalue weighted by Crippen LogP contribution is -2.21. The van der Waals surface area contributed by atoms with Crippen LogP contribution >= 0.6 is 0 Å². The molecular formula is C18H34O4. The van der Waals surface area contributed by atoms with Crippen molar-refractivity contribution >= 4 is 5.97 Å². The van der Waals surface area contributed by atoms with Crippen LogP contribution in [0, 0.1) is 0 Å². The van der Waals surface area contributed by atoms with E-state index in [0.29, 0.717) is 6.42 Å². The molecule has 0 aromatic rings. The van der Waals surface area contributed by atoms with Crippen molar-refractivity contribution in [3.05, 3.63) is 12.2 Å². The lowest BCUT2D eigenvalue weighted by atomic mass is 10.1. The summed E-state index contributed by atoms with van der Waals surface area (Å²) in [5.41, 5.74) is 0. The van der Waals surface area contributed by atoms with Crippen LogP contribution in [0.5, 0.6) is 0 Å². The lowest BCUT2D eigenvalue weighted by molar-refractivity contribution is -0.147. The third-order valence-electron chi connectivity index (χ3n) is 3.54. The SMILES string of the molecule is CCCC/C=C/CCCCCCCCC(=O)OCC(O)CO. The van der Waals surface area contributed by atoms with Crippen molar-refractivity contribution in [1.82, 2.24) is 0 Å². The highest BCUT2D eigenvalue weighted by Gasteiger charge is 2.07. The number of unbranched alkanes of at least 4 members (excludes halogenated alkanes) is 8.